The second-order valence-electron chi connectivity index (χ2n) is 6.10. The van der Waals surface area contributed by atoms with Gasteiger partial charge >= 0.3 is 5.97 Å². The number of ether oxygens (including phenoxy) is 1. The van der Waals surface area contributed by atoms with Crippen molar-refractivity contribution in [2.45, 2.75) is 64.3 Å². The fraction of sp³-hybridized carbons (Fsp3) is 0.632. The normalized spacial score (nSPS) is 10.4. The van der Waals surface area contributed by atoms with E-state index in [1.807, 2.05) is 18.7 Å². The summed E-state index contributed by atoms with van der Waals surface area (Å²) in [5.41, 5.74) is 0. The average molecular weight is 349 g/mol. The minimum absolute atomic E-state index is 0.0791. The van der Waals surface area contributed by atoms with Gasteiger partial charge in [0.15, 0.2) is 0 Å². The fourth-order valence-electron chi connectivity index (χ4n) is 2.50. The Morgan fingerprint density at radius 2 is 1.80 bits per heavy atom. The quantitative estimate of drug-likeness (QED) is 0.300. The minimum Gasteiger partial charge on any atom is -0.462 e. The first-order chi connectivity index (χ1) is 12.2. The Morgan fingerprint density at radius 1 is 1.08 bits per heavy atom. The van der Waals surface area contributed by atoms with E-state index in [1.54, 1.807) is 0 Å². The molecule has 0 radical (unpaired) electrons. The molecule has 0 aromatic carbocycles. The van der Waals surface area contributed by atoms with Crippen LogP contribution in [0.5, 0.6) is 0 Å². The SMILES string of the molecule is C=CC(=O)OCCCNC(=O)CCCCCCCCCn1ccnc1. The van der Waals surface area contributed by atoms with E-state index >= 15 is 0 Å². The number of esters is 1. The van der Waals surface area contributed by atoms with E-state index in [2.05, 4.69) is 21.4 Å². The Kier molecular flexibility index (Phi) is 11.9. The third kappa shape index (κ3) is 12.0. The molecule has 0 aliphatic heterocycles. The monoisotopic (exact) mass is 349 g/mol. The number of amides is 1. The molecule has 1 heterocycles. The van der Waals surface area contributed by atoms with Crippen LogP contribution in [0.2, 0.25) is 0 Å². The zero-order valence-electron chi connectivity index (χ0n) is 15.1. The summed E-state index contributed by atoms with van der Waals surface area (Å²) in [5.74, 6) is -0.344. The third-order valence-corrected chi connectivity index (χ3v) is 3.93. The van der Waals surface area contributed by atoms with E-state index in [9.17, 15) is 9.59 Å². The van der Waals surface area contributed by atoms with Gasteiger partial charge in [0.25, 0.3) is 0 Å². The van der Waals surface area contributed by atoms with Crippen LogP contribution in [-0.2, 0) is 20.9 Å². The van der Waals surface area contributed by atoms with Crippen molar-refractivity contribution in [1.82, 2.24) is 14.9 Å². The molecule has 0 aliphatic rings. The highest BCUT2D eigenvalue weighted by atomic mass is 16.5. The Bertz CT molecular complexity index is 486. The highest BCUT2D eigenvalue weighted by Gasteiger charge is 2.01. The van der Waals surface area contributed by atoms with Crippen molar-refractivity contribution in [1.29, 1.82) is 0 Å². The molecule has 0 fully saturated rings. The van der Waals surface area contributed by atoms with Gasteiger partial charge in [-0.1, -0.05) is 38.7 Å². The van der Waals surface area contributed by atoms with Gasteiger partial charge in [0.05, 0.1) is 12.9 Å². The number of rotatable bonds is 15. The predicted octanol–water partition coefficient (Wildman–Crippen LogP) is 3.24. The first-order valence-electron chi connectivity index (χ1n) is 9.24. The van der Waals surface area contributed by atoms with Crippen molar-refractivity contribution in [3.8, 4) is 0 Å². The van der Waals surface area contributed by atoms with Crippen LogP contribution in [0, 0.1) is 0 Å². The van der Waals surface area contributed by atoms with Gasteiger partial charge in [-0.2, -0.15) is 0 Å². The largest absolute Gasteiger partial charge is 0.462 e. The standard InChI is InChI=1S/C19H31N3O3/c1-2-19(24)25-16-10-12-21-18(23)11-8-6-4-3-5-7-9-14-22-15-13-20-17-22/h2,13,15,17H,1,3-12,14,16H2,(H,21,23). The van der Waals surface area contributed by atoms with Gasteiger partial charge in [-0.15, -0.1) is 0 Å². The number of carbonyl (C=O) groups excluding carboxylic acids is 2. The van der Waals surface area contributed by atoms with E-state index in [1.165, 1.54) is 32.1 Å². The van der Waals surface area contributed by atoms with Gasteiger partial charge < -0.3 is 14.6 Å². The van der Waals surface area contributed by atoms with Gasteiger partial charge in [0.2, 0.25) is 5.91 Å². The summed E-state index contributed by atoms with van der Waals surface area (Å²) >= 11 is 0. The summed E-state index contributed by atoms with van der Waals surface area (Å²) in [4.78, 5) is 26.5. The van der Waals surface area contributed by atoms with Crippen molar-refractivity contribution in [3.63, 3.8) is 0 Å². The van der Waals surface area contributed by atoms with Gasteiger partial charge in [-0.25, -0.2) is 9.78 Å². The third-order valence-electron chi connectivity index (χ3n) is 3.93. The van der Waals surface area contributed by atoms with Crippen molar-refractivity contribution in [3.05, 3.63) is 31.4 Å². The summed E-state index contributed by atoms with van der Waals surface area (Å²) in [7, 11) is 0. The second kappa shape index (κ2) is 14.3. The molecule has 1 rings (SSSR count). The molecular formula is C19H31N3O3. The van der Waals surface area contributed by atoms with Gasteiger partial charge in [-0.05, 0) is 19.3 Å². The lowest BCUT2D eigenvalue weighted by atomic mass is 10.1. The molecule has 0 atom stereocenters. The molecule has 0 saturated carbocycles. The number of aromatic nitrogens is 2. The van der Waals surface area contributed by atoms with Crippen LogP contribution in [0.3, 0.4) is 0 Å². The van der Waals surface area contributed by atoms with E-state index < -0.39 is 5.97 Å². The Balaban J connectivity index is 1.80. The number of nitrogens with zero attached hydrogens (tertiary/aromatic N) is 2. The van der Waals surface area contributed by atoms with Crippen molar-refractivity contribution >= 4 is 11.9 Å². The molecule has 1 N–H and O–H groups in total. The molecule has 1 aromatic rings. The number of unbranched alkanes of at least 4 members (excludes halogenated alkanes) is 6. The molecule has 6 nitrogen and oxygen atoms in total. The maximum Gasteiger partial charge on any atom is 0.330 e. The number of carbonyl (C=O) groups is 2. The maximum atomic E-state index is 11.6. The first kappa shape index (κ1) is 20.9. The lowest BCUT2D eigenvalue weighted by molar-refractivity contribution is -0.137. The van der Waals surface area contributed by atoms with Crippen molar-refractivity contribution in [2.24, 2.45) is 0 Å². The molecule has 0 unspecified atom stereocenters. The Labute approximate surface area is 150 Å². The summed E-state index contributed by atoms with van der Waals surface area (Å²) in [6.07, 6.45) is 16.2. The zero-order valence-corrected chi connectivity index (χ0v) is 15.1. The average Bonchev–Trinajstić information content (AvgIpc) is 3.13. The molecule has 25 heavy (non-hydrogen) atoms. The molecule has 1 aromatic heterocycles. The van der Waals surface area contributed by atoms with E-state index in [4.69, 9.17) is 4.74 Å². The van der Waals surface area contributed by atoms with E-state index in [0.29, 0.717) is 26.0 Å². The summed E-state index contributed by atoms with van der Waals surface area (Å²) < 4.78 is 6.95. The van der Waals surface area contributed by atoms with Gasteiger partial charge in [0, 0.05) is 38.0 Å². The highest BCUT2D eigenvalue weighted by Crippen LogP contribution is 2.09. The summed E-state index contributed by atoms with van der Waals surface area (Å²) in [5, 5.41) is 2.84. The zero-order chi connectivity index (χ0) is 18.2. The Hall–Kier alpha value is -2.11. The molecule has 0 aliphatic carbocycles. The molecule has 0 spiro atoms. The predicted molar refractivity (Wildman–Crippen MR) is 97.9 cm³/mol. The number of hydrogen-bond donors (Lipinski definition) is 1. The summed E-state index contributed by atoms with van der Waals surface area (Å²) in [6.45, 7) is 5.22. The van der Waals surface area contributed by atoms with Crippen LogP contribution in [0.1, 0.15) is 57.8 Å². The molecule has 140 valence electrons. The number of imidazole rings is 1. The van der Waals surface area contributed by atoms with E-state index in [-0.39, 0.29) is 5.91 Å². The molecule has 6 heteroatoms. The molecular weight excluding hydrogens is 318 g/mol. The smallest absolute Gasteiger partial charge is 0.330 e. The van der Waals surface area contributed by atoms with E-state index in [0.717, 1.165) is 25.5 Å². The lowest BCUT2D eigenvalue weighted by Crippen LogP contribution is -2.25. The summed E-state index contributed by atoms with van der Waals surface area (Å²) in [6, 6.07) is 0. The van der Waals surface area contributed by atoms with Gasteiger partial charge in [-0.3, -0.25) is 4.79 Å². The molecule has 0 bridgehead atoms. The van der Waals surface area contributed by atoms with Crippen LogP contribution in [0.25, 0.3) is 0 Å². The second-order valence-corrected chi connectivity index (χ2v) is 6.10. The number of nitrogens with one attached hydrogen (secondary N) is 1. The topological polar surface area (TPSA) is 73.2 Å². The van der Waals surface area contributed by atoms with Crippen molar-refractivity contribution in [2.75, 3.05) is 13.2 Å². The maximum absolute atomic E-state index is 11.6. The van der Waals surface area contributed by atoms with Gasteiger partial charge in [0.1, 0.15) is 0 Å². The van der Waals surface area contributed by atoms with Crippen LogP contribution in [0.15, 0.2) is 31.4 Å². The van der Waals surface area contributed by atoms with Crippen molar-refractivity contribution < 1.29 is 14.3 Å². The number of aryl methyl sites for hydroxylation is 1. The number of hydrogen-bond acceptors (Lipinski definition) is 4. The van der Waals surface area contributed by atoms with Crippen LogP contribution in [-0.4, -0.2) is 34.6 Å². The lowest BCUT2D eigenvalue weighted by Gasteiger charge is -2.06. The molecule has 0 saturated heterocycles. The van der Waals surface area contributed by atoms with Crippen LogP contribution < -0.4 is 5.32 Å². The highest BCUT2D eigenvalue weighted by molar-refractivity contribution is 5.81. The minimum atomic E-state index is -0.423. The fourth-order valence-corrected chi connectivity index (χ4v) is 2.50. The molecule has 1 amide bonds. The Morgan fingerprint density at radius 3 is 2.48 bits per heavy atom. The van der Waals surface area contributed by atoms with Crippen LogP contribution in [0.4, 0.5) is 0 Å². The first-order valence-corrected chi connectivity index (χ1v) is 9.24. The van der Waals surface area contributed by atoms with Crippen LogP contribution >= 0.6 is 0 Å².